The number of para-hydroxylation sites is 1. The number of hydrogen-bond donors (Lipinski definition) is 1. The van der Waals surface area contributed by atoms with E-state index >= 15 is 0 Å². The van der Waals surface area contributed by atoms with Gasteiger partial charge < -0.3 is 9.88 Å². The standard InChI is InChI=1S/C29H23Cl2N3S/c30-21-13-9-19(10-14-21)25-18-34-27(28(35)32-23-6-2-1-3-7-23)26(20-11-15-22(31)16-12-20)24-8-4-5-17-33(25)29(24)34/h1-3,6-7,9-16,18H,4-5,8,17H2,(H,32,35). The molecule has 0 saturated heterocycles. The largest absolute Gasteiger partial charge is 0.345 e. The van der Waals surface area contributed by atoms with E-state index in [2.05, 4.69) is 44.7 Å². The smallest absolute Gasteiger partial charge is 0.128 e. The van der Waals surface area contributed by atoms with Crippen LogP contribution in [0.15, 0.2) is 85.1 Å². The Labute approximate surface area is 219 Å². The molecule has 0 saturated carbocycles. The Hall–Kier alpha value is -3.05. The Morgan fingerprint density at radius 3 is 2.14 bits per heavy atom. The van der Waals surface area contributed by atoms with Crippen molar-refractivity contribution in [3.05, 3.63) is 106 Å². The van der Waals surface area contributed by atoms with Crippen molar-refractivity contribution in [3.8, 4) is 22.4 Å². The number of imidazole rings is 1. The van der Waals surface area contributed by atoms with Gasteiger partial charge in [-0.25, -0.2) is 0 Å². The van der Waals surface area contributed by atoms with Crippen LogP contribution in [0.1, 0.15) is 24.1 Å². The second-order valence-corrected chi connectivity index (χ2v) is 10.1. The molecule has 6 rings (SSSR count). The molecule has 3 aromatic carbocycles. The number of hydrogen-bond acceptors (Lipinski definition) is 1. The summed E-state index contributed by atoms with van der Waals surface area (Å²) in [5, 5.41) is 4.94. The van der Waals surface area contributed by atoms with Crippen molar-refractivity contribution < 1.29 is 0 Å². The predicted molar refractivity (Wildman–Crippen MR) is 151 cm³/mol. The zero-order valence-electron chi connectivity index (χ0n) is 19.0. The summed E-state index contributed by atoms with van der Waals surface area (Å²) < 4.78 is 4.73. The number of anilines is 1. The maximum Gasteiger partial charge on any atom is 0.128 e. The summed E-state index contributed by atoms with van der Waals surface area (Å²) >= 11 is 18.5. The summed E-state index contributed by atoms with van der Waals surface area (Å²) in [6, 6.07) is 26.3. The van der Waals surface area contributed by atoms with E-state index in [0.717, 1.165) is 58.4 Å². The average Bonchev–Trinajstić information content (AvgIpc) is 3.28. The molecule has 0 aliphatic carbocycles. The van der Waals surface area contributed by atoms with E-state index in [4.69, 9.17) is 35.4 Å². The summed E-state index contributed by atoms with van der Waals surface area (Å²) in [4.78, 5) is 0.697. The predicted octanol–water partition coefficient (Wildman–Crippen LogP) is 8.51. The van der Waals surface area contributed by atoms with Gasteiger partial charge in [0.05, 0.1) is 11.4 Å². The molecule has 0 atom stereocenters. The van der Waals surface area contributed by atoms with Gasteiger partial charge in [0.1, 0.15) is 10.6 Å². The van der Waals surface area contributed by atoms with Gasteiger partial charge in [-0.05, 0) is 66.8 Å². The van der Waals surface area contributed by atoms with Gasteiger partial charge in [-0.2, -0.15) is 0 Å². The highest BCUT2D eigenvalue weighted by molar-refractivity contribution is 7.81. The van der Waals surface area contributed by atoms with Crippen molar-refractivity contribution in [1.29, 1.82) is 0 Å². The van der Waals surface area contributed by atoms with E-state index in [1.165, 1.54) is 22.5 Å². The zero-order chi connectivity index (χ0) is 23.9. The third-order valence-electron chi connectivity index (χ3n) is 6.65. The molecule has 1 N–H and O–H groups in total. The molecule has 3 nitrogen and oxygen atoms in total. The monoisotopic (exact) mass is 515 g/mol. The minimum absolute atomic E-state index is 0.697. The van der Waals surface area contributed by atoms with Gasteiger partial charge in [-0.1, -0.05) is 77.9 Å². The summed E-state index contributed by atoms with van der Waals surface area (Å²) in [6.45, 7) is 0.962. The molecule has 35 heavy (non-hydrogen) atoms. The third kappa shape index (κ3) is 4.06. The highest BCUT2D eigenvalue weighted by Crippen LogP contribution is 2.40. The Balaban J connectivity index is 1.62. The first-order valence-corrected chi connectivity index (χ1v) is 12.9. The number of thiocarbonyl (C=S) groups is 1. The van der Waals surface area contributed by atoms with Crippen LogP contribution in [0.25, 0.3) is 28.0 Å². The molecule has 5 aromatic rings. The lowest BCUT2D eigenvalue weighted by atomic mass is 9.98. The summed E-state index contributed by atoms with van der Waals surface area (Å²) in [5.74, 6) is 0. The second-order valence-electron chi connectivity index (χ2n) is 8.85. The Kier molecular flexibility index (Phi) is 5.89. The molecule has 0 unspecified atom stereocenters. The minimum Gasteiger partial charge on any atom is -0.345 e. The molecular weight excluding hydrogens is 493 g/mol. The van der Waals surface area contributed by atoms with E-state index in [1.54, 1.807) is 0 Å². The van der Waals surface area contributed by atoms with E-state index in [-0.39, 0.29) is 0 Å². The number of aryl methyl sites for hydroxylation is 2. The maximum atomic E-state index is 6.25. The SMILES string of the molecule is S=C(Nc1ccccc1)c1c(-c2ccc(Cl)cc2)c2c3n(c(-c4ccc(Cl)cc4)cn13)CCCC2. The topological polar surface area (TPSA) is 21.4 Å². The Morgan fingerprint density at radius 1 is 0.800 bits per heavy atom. The average molecular weight is 516 g/mol. The quantitative estimate of drug-likeness (QED) is 0.242. The molecule has 0 bridgehead atoms. The van der Waals surface area contributed by atoms with Crippen molar-refractivity contribution in [2.24, 2.45) is 0 Å². The van der Waals surface area contributed by atoms with Crippen LogP contribution in [0.2, 0.25) is 10.0 Å². The van der Waals surface area contributed by atoms with Crippen LogP contribution in [-0.2, 0) is 13.0 Å². The molecule has 0 radical (unpaired) electrons. The van der Waals surface area contributed by atoms with Gasteiger partial charge in [-0.3, -0.25) is 4.40 Å². The number of nitrogens with zero attached hydrogens (tertiary/aromatic N) is 2. The number of rotatable bonds is 4. The molecule has 0 spiro atoms. The van der Waals surface area contributed by atoms with Crippen LogP contribution in [0.3, 0.4) is 0 Å². The first-order valence-electron chi connectivity index (χ1n) is 11.7. The van der Waals surface area contributed by atoms with Crippen molar-refractivity contribution in [2.75, 3.05) is 5.32 Å². The number of benzene rings is 3. The number of aromatic nitrogens is 2. The van der Waals surface area contributed by atoms with E-state index in [1.807, 2.05) is 54.6 Å². The van der Waals surface area contributed by atoms with Gasteiger partial charge in [0.2, 0.25) is 0 Å². The Bertz CT molecular complexity index is 1530. The fourth-order valence-electron chi connectivity index (χ4n) is 5.10. The van der Waals surface area contributed by atoms with Crippen molar-refractivity contribution in [2.45, 2.75) is 25.8 Å². The lowest BCUT2D eigenvalue weighted by Gasteiger charge is -2.12. The highest BCUT2D eigenvalue weighted by atomic mass is 35.5. The van der Waals surface area contributed by atoms with Crippen molar-refractivity contribution in [3.63, 3.8) is 0 Å². The molecule has 6 heteroatoms. The summed E-state index contributed by atoms with van der Waals surface area (Å²) in [5.41, 5.74) is 9.15. The molecule has 1 aliphatic rings. The van der Waals surface area contributed by atoms with Gasteiger partial charge in [0.25, 0.3) is 0 Å². The van der Waals surface area contributed by atoms with E-state index in [0.29, 0.717) is 4.99 Å². The first-order chi connectivity index (χ1) is 17.1. The van der Waals surface area contributed by atoms with Crippen LogP contribution < -0.4 is 5.32 Å². The van der Waals surface area contributed by atoms with Gasteiger partial charge in [-0.15, -0.1) is 0 Å². The van der Waals surface area contributed by atoms with Crippen LogP contribution in [0, 0.1) is 0 Å². The van der Waals surface area contributed by atoms with Gasteiger partial charge >= 0.3 is 0 Å². The number of nitrogens with one attached hydrogen (secondary N) is 1. The molecule has 174 valence electrons. The second kappa shape index (κ2) is 9.19. The van der Waals surface area contributed by atoms with Crippen LogP contribution in [0.4, 0.5) is 5.69 Å². The van der Waals surface area contributed by atoms with E-state index < -0.39 is 0 Å². The fourth-order valence-corrected chi connectivity index (χ4v) is 5.67. The van der Waals surface area contributed by atoms with Gasteiger partial charge in [0, 0.05) is 39.6 Å². The van der Waals surface area contributed by atoms with Crippen LogP contribution >= 0.6 is 35.4 Å². The lowest BCUT2D eigenvalue weighted by Crippen LogP contribution is -2.14. The van der Waals surface area contributed by atoms with Crippen molar-refractivity contribution >= 4 is 51.7 Å². The Morgan fingerprint density at radius 2 is 1.46 bits per heavy atom. The zero-order valence-corrected chi connectivity index (χ0v) is 21.3. The maximum absolute atomic E-state index is 6.25. The highest BCUT2D eigenvalue weighted by Gasteiger charge is 2.28. The van der Waals surface area contributed by atoms with Crippen LogP contribution in [-0.4, -0.2) is 14.0 Å². The van der Waals surface area contributed by atoms with Crippen molar-refractivity contribution in [1.82, 2.24) is 8.97 Å². The summed E-state index contributed by atoms with van der Waals surface area (Å²) in [6.07, 6.45) is 5.47. The first kappa shape index (κ1) is 22.4. The third-order valence-corrected chi connectivity index (χ3v) is 7.45. The molecule has 2 aromatic heterocycles. The van der Waals surface area contributed by atoms with Gasteiger partial charge in [0.15, 0.2) is 0 Å². The molecule has 3 heterocycles. The molecule has 1 aliphatic heterocycles. The normalized spacial score (nSPS) is 13.1. The van der Waals surface area contributed by atoms with E-state index in [9.17, 15) is 0 Å². The molecule has 0 fully saturated rings. The minimum atomic E-state index is 0.697. The lowest BCUT2D eigenvalue weighted by molar-refractivity contribution is 0.647. The fraction of sp³-hybridized carbons (Fsp3) is 0.138. The molecular formula is C29H23Cl2N3S. The van der Waals surface area contributed by atoms with Crippen LogP contribution in [0.5, 0.6) is 0 Å². The molecule has 0 amide bonds. The number of halogens is 2. The summed E-state index contributed by atoms with van der Waals surface area (Å²) in [7, 11) is 0.